The van der Waals surface area contributed by atoms with Crippen LogP contribution in [0.4, 0.5) is 15.9 Å². The Kier molecular flexibility index (Phi) is 6.70. The second kappa shape index (κ2) is 10.2. The lowest BCUT2D eigenvalue weighted by Crippen LogP contribution is -2.24. The number of carbonyl (C=O) groups is 1. The molecular formula is C26H21FN4O2. The molecule has 2 aromatic carbocycles. The number of benzene rings is 2. The number of allylic oxidation sites excluding steroid dienone is 1. The minimum absolute atomic E-state index is 0.176. The SMILES string of the molecule is C=C(Cc1ccc(F)cc1)NC(=O)c1cccnc1Oc1ccc(Nc2ccccn2)cc1. The Balaban J connectivity index is 1.41. The summed E-state index contributed by atoms with van der Waals surface area (Å²) in [4.78, 5) is 21.2. The summed E-state index contributed by atoms with van der Waals surface area (Å²) < 4.78 is 18.9. The molecule has 0 saturated carbocycles. The first-order chi connectivity index (χ1) is 16.1. The van der Waals surface area contributed by atoms with Crippen LogP contribution in [0.1, 0.15) is 15.9 Å². The molecule has 2 N–H and O–H groups in total. The van der Waals surface area contributed by atoms with Crippen LogP contribution < -0.4 is 15.4 Å². The van der Waals surface area contributed by atoms with Crippen molar-refractivity contribution in [2.75, 3.05) is 5.32 Å². The third-order valence-electron chi connectivity index (χ3n) is 4.64. The summed E-state index contributed by atoms with van der Waals surface area (Å²) in [5.74, 6) is 0.731. The summed E-state index contributed by atoms with van der Waals surface area (Å²) in [6.07, 6.45) is 3.64. The van der Waals surface area contributed by atoms with Crippen LogP contribution in [0, 0.1) is 5.82 Å². The van der Waals surface area contributed by atoms with Crippen molar-refractivity contribution in [3.05, 3.63) is 120 Å². The molecule has 6 nitrogen and oxygen atoms in total. The van der Waals surface area contributed by atoms with Gasteiger partial charge in [-0.25, -0.2) is 14.4 Å². The molecule has 33 heavy (non-hydrogen) atoms. The number of carbonyl (C=O) groups excluding carboxylic acids is 1. The number of hydrogen-bond donors (Lipinski definition) is 2. The van der Waals surface area contributed by atoms with Gasteiger partial charge in [0.25, 0.3) is 5.91 Å². The molecule has 0 radical (unpaired) electrons. The number of amides is 1. The first kappa shape index (κ1) is 21.7. The fourth-order valence-electron chi connectivity index (χ4n) is 3.07. The third-order valence-corrected chi connectivity index (χ3v) is 4.64. The molecule has 2 aromatic heterocycles. The van der Waals surface area contributed by atoms with Crippen LogP contribution in [0.3, 0.4) is 0 Å². The second-order valence-corrected chi connectivity index (χ2v) is 7.18. The fourth-order valence-corrected chi connectivity index (χ4v) is 3.07. The Morgan fingerprint density at radius 1 is 0.909 bits per heavy atom. The summed E-state index contributed by atoms with van der Waals surface area (Å²) >= 11 is 0. The lowest BCUT2D eigenvalue weighted by atomic mass is 10.1. The summed E-state index contributed by atoms with van der Waals surface area (Å²) in [5.41, 5.74) is 2.43. The van der Waals surface area contributed by atoms with Crippen molar-refractivity contribution in [2.45, 2.75) is 6.42 Å². The Labute approximate surface area is 190 Å². The van der Waals surface area contributed by atoms with Crippen LogP contribution in [0.25, 0.3) is 0 Å². The van der Waals surface area contributed by atoms with Gasteiger partial charge in [-0.05, 0) is 66.2 Å². The van der Waals surface area contributed by atoms with E-state index >= 15 is 0 Å². The van der Waals surface area contributed by atoms with Gasteiger partial charge < -0.3 is 15.4 Å². The Bertz CT molecular complexity index is 1240. The maximum Gasteiger partial charge on any atom is 0.260 e. The van der Waals surface area contributed by atoms with E-state index in [-0.39, 0.29) is 17.3 Å². The molecule has 0 bridgehead atoms. The first-order valence-corrected chi connectivity index (χ1v) is 10.2. The Morgan fingerprint density at radius 3 is 2.39 bits per heavy atom. The van der Waals surface area contributed by atoms with Gasteiger partial charge in [-0.1, -0.05) is 24.8 Å². The number of ether oxygens (including phenoxy) is 1. The van der Waals surface area contributed by atoms with E-state index < -0.39 is 5.91 Å². The quantitative estimate of drug-likeness (QED) is 0.371. The highest BCUT2D eigenvalue weighted by Gasteiger charge is 2.15. The molecule has 0 aliphatic carbocycles. The predicted molar refractivity (Wildman–Crippen MR) is 125 cm³/mol. The summed E-state index contributed by atoms with van der Waals surface area (Å²) in [5, 5.41) is 5.95. The van der Waals surface area contributed by atoms with Gasteiger partial charge in [0.2, 0.25) is 5.88 Å². The molecule has 0 saturated heterocycles. The molecule has 0 unspecified atom stereocenters. The van der Waals surface area contributed by atoms with Gasteiger partial charge in [-0.2, -0.15) is 0 Å². The van der Waals surface area contributed by atoms with Gasteiger partial charge in [0.05, 0.1) is 0 Å². The average Bonchev–Trinajstić information content (AvgIpc) is 2.83. The van der Waals surface area contributed by atoms with E-state index in [1.165, 1.54) is 12.1 Å². The molecule has 0 spiro atoms. The number of nitrogens with one attached hydrogen (secondary N) is 2. The van der Waals surface area contributed by atoms with Crippen LogP contribution in [-0.2, 0) is 6.42 Å². The first-order valence-electron chi connectivity index (χ1n) is 10.2. The van der Waals surface area contributed by atoms with Crippen LogP contribution in [0.2, 0.25) is 0 Å². The zero-order valence-corrected chi connectivity index (χ0v) is 17.7. The monoisotopic (exact) mass is 440 g/mol. The van der Waals surface area contributed by atoms with Gasteiger partial charge in [0, 0.05) is 30.2 Å². The topological polar surface area (TPSA) is 76.1 Å². The highest BCUT2D eigenvalue weighted by Crippen LogP contribution is 2.25. The molecule has 7 heteroatoms. The molecule has 1 amide bonds. The molecule has 0 aliphatic heterocycles. The van der Waals surface area contributed by atoms with E-state index in [4.69, 9.17) is 4.74 Å². The van der Waals surface area contributed by atoms with E-state index in [1.807, 2.05) is 30.3 Å². The number of halogens is 1. The fraction of sp³-hybridized carbons (Fsp3) is 0.0385. The largest absolute Gasteiger partial charge is 0.438 e. The molecule has 164 valence electrons. The zero-order chi connectivity index (χ0) is 23.0. The van der Waals surface area contributed by atoms with E-state index in [0.29, 0.717) is 17.9 Å². The standard InChI is InChI=1S/C26H21FN4O2/c1-18(17-19-7-9-20(27)10-8-19)30-25(32)23-5-4-16-29-26(23)33-22-13-11-21(12-14-22)31-24-6-2-3-15-28-24/h2-16H,1,17H2,(H,28,31)(H,30,32). The van der Waals surface area contributed by atoms with Crippen LogP contribution in [0.5, 0.6) is 11.6 Å². The van der Waals surface area contributed by atoms with Crippen molar-refractivity contribution < 1.29 is 13.9 Å². The number of aromatic nitrogens is 2. The second-order valence-electron chi connectivity index (χ2n) is 7.18. The minimum Gasteiger partial charge on any atom is -0.438 e. The summed E-state index contributed by atoms with van der Waals surface area (Å²) in [6, 6.07) is 22.2. The van der Waals surface area contributed by atoms with Crippen molar-refractivity contribution in [2.24, 2.45) is 0 Å². The average molecular weight is 440 g/mol. The predicted octanol–water partition coefficient (Wildman–Crippen LogP) is 5.64. The number of nitrogens with zero attached hydrogens (tertiary/aromatic N) is 2. The molecule has 0 atom stereocenters. The number of anilines is 2. The van der Waals surface area contributed by atoms with E-state index in [0.717, 1.165) is 17.1 Å². The Morgan fingerprint density at radius 2 is 1.67 bits per heavy atom. The van der Waals surface area contributed by atoms with Crippen LogP contribution in [-0.4, -0.2) is 15.9 Å². The lowest BCUT2D eigenvalue weighted by molar-refractivity contribution is 0.0962. The molecule has 0 fully saturated rings. The van der Waals surface area contributed by atoms with Gasteiger partial charge in [0.15, 0.2) is 0 Å². The van der Waals surface area contributed by atoms with Gasteiger partial charge in [-0.3, -0.25) is 4.79 Å². The lowest BCUT2D eigenvalue weighted by Gasteiger charge is -2.12. The van der Waals surface area contributed by atoms with Gasteiger partial charge in [-0.15, -0.1) is 0 Å². The van der Waals surface area contributed by atoms with E-state index in [9.17, 15) is 9.18 Å². The number of hydrogen-bond acceptors (Lipinski definition) is 5. The van der Waals surface area contributed by atoms with E-state index in [1.54, 1.807) is 48.8 Å². The molecule has 4 aromatic rings. The normalized spacial score (nSPS) is 10.3. The van der Waals surface area contributed by atoms with Crippen molar-refractivity contribution in [1.82, 2.24) is 15.3 Å². The van der Waals surface area contributed by atoms with Crippen molar-refractivity contribution >= 4 is 17.4 Å². The maximum atomic E-state index is 13.1. The molecule has 2 heterocycles. The highest BCUT2D eigenvalue weighted by molar-refractivity contribution is 5.97. The zero-order valence-electron chi connectivity index (χ0n) is 17.7. The number of pyridine rings is 2. The summed E-state index contributed by atoms with van der Waals surface area (Å²) in [7, 11) is 0. The molecule has 0 aliphatic rings. The Hall–Kier alpha value is -4.52. The smallest absolute Gasteiger partial charge is 0.260 e. The third kappa shape index (κ3) is 6.01. The molecule has 4 rings (SSSR count). The minimum atomic E-state index is -0.390. The summed E-state index contributed by atoms with van der Waals surface area (Å²) in [6.45, 7) is 3.90. The van der Waals surface area contributed by atoms with Crippen molar-refractivity contribution in [3.8, 4) is 11.6 Å². The maximum absolute atomic E-state index is 13.1. The molecular weight excluding hydrogens is 419 g/mol. The van der Waals surface area contributed by atoms with Crippen LogP contribution >= 0.6 is 0 Å². The van der Waals surface area contributed by atoms with Gasteiger partial charge >= 0.3 is 0 Å². The van der Waals surface area contributed by atoms with E-state index in [2.05, 4.69) is 27.2 Å². The number of rotatable bonds is 8. The van der Waals surface area contributed by atoms with Gasteiger partial charge in [0.1, 0.15) is 22.9 Å². The van der Waals surface area contributed by atoms with Crippen molar-refractivity contribution in [1.29, 1.82) is 0 Å². The highest BCUT2D eigenvalue weighted by atomic mass is 19.1. The van der Waals surface area contributed by atoms with Crippen LogP contribution in [0.15, 0.2) is 104 Å². The van der Waals surface area contributed by atoms with Crippen molar-refractivity contribution in [3.63, 3.8) is 0 Å².